The zero-order valence-electron chi connectivity index (χ0n) is 13.0. The highest BCUT2D eigenvalue weighted by atomic mass is 32.2. The summed E-state index contributed by atoms with van der Waals surface area (Å²) in [5, 5.41) is 8.96. The molecule has 0 unspecified atom stereocenters. The molecule has 1 aromatic heterocycles. The summed E-state index contributed by atoms with van der Waals surface area (Å²) in [4.78, 5) is 10.9. The van der Waals surface area contributed by atoms with Crippen LogP contribution in [0.15, 0.2) is 45.7 Å². The molecule has 0 saturated heterocycles. The molecule has 0 fully saturated rings. The number of sulfonamides is 1. The Morgan fingerprint density at radius 3 is 2.43 bits per heavy atom. The van der Waals surface area contributed by atoms with E-state index in [-0.39, 0.29) is 23.0 Å². The van der Waals surface area contributed by atoms with Gasteiger partial charge in [0.2, 0.25) is 15.8 Å². The summed E-state index contributed by atoms with van der Waals surface area (Å²) in [6.07, 6.45) is 0.648. The molecule has 1 N–H and O–H groups in total. The second-order valence-corrected chi connectivity index (χ2v) is 7.07. The average molecular weight is 337 g/mol. The van der Waals surface area contributed by atoms with E-state index in [0.29, 0.717) is 13.0 Å². The van der Waals surface area contributed by atoms with Crippen LogP contribution in [0, 0.1) is 6.92 Å². The van der Waals surface area contributed by atoms with Crippen molar-refractivity contribution in [2.75, 3.05) is 6.54 Å². The van der Waals surface area contributed by atoms with Gasteiger partial charge in [-0.15, -0.1) is 0 Å². The lowest BCUT2D eigenvalue weighted by Crippen LogP contribution is -2.31. The van der Waals surface area contributed by atoms with Crippen LogP contribution in [0.1, 0.15) is 35.2 Å². The minimum Gasteiger partial charge on any atom is -0.475 e. The van der Waals surface area contributed by atoms with Crippen molar-refractivity contribution in [2.45, 2.75) is 31.7 Å². The Labute approximate surface area is 135 Å². The maximum absolute atomic E-state index is 12.9. The topological polar surface area (TPSA) is 87.8 Å². The number of carbonyl (C=O) groups is 1. The lowest BCUT2D eigenvalue weighted by Gasteiger charge is -2.21. The first-order chi connectivity index (χ1) is 10.9. The first kappa shape index (κ1) is 17.2. The van der Waals surface area contributed by atoms with Crippen molar-refractivity contribution >= 4 is 16.0 Å². The number of benzene rings is 1. The molecule has 1 heterocycles. The Kier molecular flexibility index (Phi) is 5.23. The predicted molar refractivity (Wildman–Crippen MR) is 84.7 cm³/mol. The van der Waals surface area contributed by atoms with Crippen molar-refractivity contribution in [1.29, 1.82) is 0 Å². The van der Waals surface area contributed by atoms with Gasteiger partial charge in [-0.1, -0.05) is 37.3 Å². The highest BCUT2D eigenvalue weighted by molar-refractivity contribution is 7.89. The molecule has 2 aromatic rings. The molecule has 7 heteroatoms. The van der Waals surface area contributed by atoms with Gasteiger partial charge in [-0.05, 0) is 18.9 Å². The minimum atomic E-state index is -3.83. The van der Waals surface area contributed by atoms with E-state index in [9.17, 15) is 13.2 Å². The SMILES string of the molecule is CCCN(Cc1ccccc1)S(=O)(=O)c1cc(C(=O)O)oc1C. The fraction of sp³-hybridized carbons (Fsp3) is 0.312. The van der Waals surface area contributed by atoms with Crippen LogP contribution in [0.2, 0.25) is 0 Å². The number of carboxylic acids is 1. The standard InChI is InChI=1S/C16H19NO5S/c1-3-9-17(11-13-7-5-4-6-8-13)23(20,21)15-10-14(16(18)19)22-12(15)2/h4-8,10H,3,9,11H2,1-2H3,(H,18,19). The molecule has 2 rings (SSSR count). The molecule has 0 bridgehead atoms. The van der Waals surface area contributed by atoms with Crippen LogP contribution >= 0.6 is 0 Å². The molecule has 0 atom stereocenters. The molecule has 1 aromatic carbocycles. The van der Waals surface area contributed by atoms with Crippen LogP contribution in [-0.4, -0.2) is 30.3 Å². The number of nitrogens with zero attached hydrogens (tertiary/aromatic N) is 1. The van der Waals surface area contributed by atoms with Crippen molar-refractivity contribution in [2.24, 2.45) is 0 Å². The normalized spacial score (nSPS) is 11.8. The summed E-state index contributed by atoms with van der Waals surface area (Å²) in [7, 11) is -3.83. The molecule has 0 spiro atoms. The second-order valence-electron chi connectivity index (χ2n) is 5.16. The number of hydrogen-bond acceptors (Lipinski definition) is 4. The van der Waals surface area contributed by atoms with Gasteiger partial charge in [-0.25, -0.2) is 13.2 Å². The summed E-state index contributed by atoms with van der Waals surface area (Å²) < 4.78 is 32.1. The first-order valence-electron chi connectivity index (χ1n) is 7.24. The summed E-state index contributed by atoms with van der Waals surface area (Å²) in [5.41, 5.74) is 0.865. The molecule has 0 amide bonds. The van der Waals surface area contributed by atoms with Crippen LogP contribution in [0.5, 0.6) is 0 Å². The highest BCUT2D eigenvalue weighted by Gasteiger charge is 2.29. The van der Waals surface area contributed by atoms with Crippen molar-refractivity contribution in [3.63, 3.8) is 0 Å². The molecule has 0 aliphatic heterocycles. The maximum Gasteiger partial charge on any atom is 0.371 e. The fourth-order valence-electron chi connectivity index (χ4n) is 2.29. The van der Waals surface area contributed by atoms with Gasteiger partial charge >= 0.3 is 5.97 Å². The Morgan fingerprint density at radius 2 is 1.91 bits per heavy atom. The second kappa shape index (κ2) is 6.97. The highest BCUT2D eigenvalue weighted by Crippen LogP contribution is 2.25. The maximum atomic E-state index is 12.9. The zero-order valence-corrected chi connectivity index (χ0v) is 13.8. The van der Waals surface area contributed by atoms with Gasteiger partial charge in [0, 0.05) is 19.2 Å². The predicted octanol–water partition coefficient (Wildman–Crippen LogP) is 2.89. The monoisotopic (exact) mass is 337 g/mol. The third-order valence-corrected chi connectivity index (χ3v) is 5.33. The van der Waals surface area contributed by atoms with E-state index in [2.05, 4.69) is 0 Å². The van der Waals surface area contributed by atoms with Gasteiger partial charge in [0.1, 0.15) is 10.7 Å². The first-order valence-corrected chi connectivity index (χ1v) is 8.68. The largest absolute Gasteiger partial charge is 0.475 e. The van der Waals surface area contributed by atoms with E-state index in [1.54, 1.807) is 0 Å². The molecule has 0 aliphatic carbocycles. The van der Waals surface area contributed by atoms with E-state index in [1.165, 1.54) is 11.2 Å². The van der Waals surface area contributed by atoms with Crippen molar-refractivity contribution in [1.82, 2.24) is 4.31 Å². The summed E-state index contributed by atoms with van der Waals surface area (Å²) in [6.45, 7) is 3.90. The lowest BCUT2D eigenvalue weighted by atomic mass is 10.2. The number of aryl methyl sites for hydroxylation is 1. The lowest BCUT2D eigenvalue weighted by molar-refractivity contribution is 0.0661. The molecule has 0 saturated carbocycles. The van der Waals surface area contributed by atoms with Gasteiger partial charge in [-0.2, -0.15) is 4.31 Å². The summed E-state index contributed by atoms with van der Waals surface area (Å²) in [5.74, 6) is -1.59. The van der Waals surface area contributed by atoms with Crippen LogP contribution < -0.4 is 0 Å². The van der Waals surface area contributed by atoms with Crippen molar-refractivity contribution in [3.8, 4) is 0 Å². The van der Waals surface area contributed by atoms with Crippen LogP contribution in [0.3, 0.4) is 0 Å². The number of aromatic carboxylic acids is 1. The quantitative estimate of drug-likeness (QED) is 0.839. The zero-order chi connectivity index (χ0) is 17.0. The average Bonchev–Trinajstić information content (AvgIpc) is 2.91. The Morgan fingerprint density at radius 1 is 1.26 bits per heavy atom. The molecule has 0 aliphatic rings. The number of carboxylic acid groups (broad SMARTS) is 1. The van der Waals surface area contributed by atoms with E-state index in [0.717, 1.165) is 11.6 Å². The molecule has 124 valence electrons. The number of furan rings is 1. The summed E-state index contributed by atoms with van der Waals surface area (Å²) >= 11 is 0. The van der Waals surface area contributed by atoms with Gasteiger partial charge < -0.3 is 9.52 Å². The number of hydrogen-bond donors (Lipinski definition) is 1. The molecule has 0 radical (unpaired) electrons. The molecule has 6 nitrogen and oxygen atoms in total. The third-order valence-electron chi connectivity index (χ3n) is 3.38. The van der Waals surface area contributed by atoms with Crippen LogP contribution in [0.4, 0.5) is 0 Å². The van der Waals surface area contributed by atoms with Crippen LogP contribution in [0.25, 0.3) is 0 Å². The Hall–Kier alpha value is -2.12. The van der Waals surface area contributed by atoms with Gasteiger partial charge in [0.05, 0.1) is 0 Å². The molecular weight excluding hydrogens is 318 g/mol. The van der Waals surface area contributed by atoms with E-state index < -0.39 is 16.0 Å². The van der Waals surface area contributed by atoms with Crippen LogP contribution in [-0.2, 0) is 16.6 Å². The third kappa shape index (κ3) is 3.80. The fourth-order valence-corrected chi connectivity index (χ4v) is 3.97. The molecular formula is C16H19NO5S. The van der Waals surface area contributed by atoms with Gasteiger partial charge in [-0.3, -0.25) is 0 Å². The minimum absolute atomic E-state index is 0.0802. The van der Waals surface area contributed by atoms with E-state index in [4.69, 9.17) is 9.52 Å². The van der Waals surface area contributed by atoms with Crippen molar-refractivity contribution < 1.29 is 22.7 Å². The van der Waals surface area contributed by atoms with E-state index in [1.807, 2.05) is 37.3 Å². The Bertz CT molecular complexity index is 780. The smallest absolute Gasteiger partial charge is 0.371 e. The Balaban J connectivity index is 2.38. The molecule has 23 heavy (non-hydrogen) atoms. The van der Waals surface area contributed by atoms with Crippen molar-refractivity contribution in [3.05, 3.63) is 53.5 Å². The van der Waals surface area contributed by atoms with E-state index >= 15 is 0 Å². The van der Waals surface area contributed by atoms with Gasteiger partial charge in [0.15, 0.2) is 0 Å². The number of rotatable bonds is 7. The van der Waals surface area contributed by atoms with Gasteiger partial charge in [0.25, 0.3) is 0 Å². The summed E-state index contributed by atoms with van der Waals surface area (Å²) in [6, 6.07) is 10.3.